The molecule has 0 aliphatic carbocycles. The van der Waals surface area contributed by atoms with Crippen molar-refractivity contribution >= 4 is 50.5 Å². The Balaban J connectivity index is 2.25. The number of halogens is 5. The summed E-state index contributed by atoms with van der Waals surface area (Å²) < 4.78 is 65.2. The normalized spacial score (nSPS) is 11.9. The number of sulfonamides is 1. The number of rotatable bonds is 5. The van der Waals surface area contributed by atoms with E-state index in [4.69, 9.17) is 23.2 Å². The molecule has 0 atom stereocenters. The van der Waals surface area contributed by atoms with E-state index in [1.165, 1.54) is 24.3 Å². The number of alkyl halides is 4. The van der Waals surface area contributed by atoms with Crippen LogP contribution in [0.3, 0.4) is 0 Å². The molecular formula is C15H11Cl2F3N2O3S. The second kappa shape index (κ2) is 7.73. The summed E-state index contributed by atoms with van der Waals surface area (Å²) in [5.41, 5.74) is -1.12. The zero-order valence-corrected chi connectivity index (χ0v) is 15.1. The van der Waals surface area contributed by atoms with Crippen molar-refractivity contribution in [3.8, 4) is 0 Å². The molecule has 26 heavy (non-hydrogen) atoms. The van der Waals surface area contributed by atoms with Crippen LogP contribution < -0.4 is 10.0 Å². The quantitative estimate of drug-likeness (QED) is 0.698. The molecule has 0 aliphatic rings. The standard InChI is InChI=1S/C15H11Cl2F3N2O3S/c16-8-14(23)21-9-1-4-11(5-2-9)26(24,25)22-10-3-6-13(17)12(7-10)15(18,19)20/h1-7,22H,8H2,(H,21,23). The fourth-order valence-electron chi connectivity index (χ4n) is 1.93. The summed E-state index contributed by atoms with van der Waals surface area (Å²) >= 11 is 10.8. The van der Waals surface area contributed by atoms with Gasteiger partial charge in [0.25, 0.3) is 10.0 Å². The molecule has 0 aliphatic heterocycles. The zero-order valence-electron chi connectivity index (χ0n) is 12.8. The highest BCUT2D eigenvalue weighted by atomic mass is 35.5. The van der Waals surface area contributed by atoms with Gasteiger partial charge >= 0.3 is 6.18 Å². The van der Waals surface area contributed by atoms with E-state index < -0.39 is 32.7 Å². The van der Waals surface area contributed by atoms with E-state index in [1.54, 1.807) is 0 Å². The molecule has 1 amide bonds. The van der Waals surface area contributed by atoms with E-state index in [9.17, 15) is 26.4 Å². The minimum atomic E-state index is -4.72. The van der Waals surface area contributed by atoms with Gasteiger partial charge in [-0.25, -0.2) is 8.42 Å². The Bertz CT molecular complexity index is 917. The minimum absolute atomic E-state index is 0.204. The molecule has 0 saturated carbocycles. The summed E-state index contributed by atoms with van der Waals surface area (Å²) in [6, 6.07) is 7.69. The fourth-order valence-corrected chi connectivity index (χ4v) is 3.27. The van der Waals surface area contributed by atoms with Gasteiger partial charge in [-0.2, -0.15) is 13.2 Å². The first-order valence-electron chi connectivity index (χ1n) is 6.88. The molecule has 0 spiro atoms. The molecule has 0 aromatic heterocycles. The van der Waals surface area contributed by atoms with Crippen molar-refractivity contribution in [1.29, 1.82) is 0 Å². The van der Waals surface area contributed by atoms with Gasteiger partial charge in [0.15, 0.2) is 0 Å². The monoisotopic (exact) mass is 426 g/mol. The van der Waals surface area contributed by atoms with Gasteiger partial charge in [-0.1, -0.05) is 11.6 Å². The van der Waals surface area contributed by atoms with E-state index in [0.29, 0.717) is 11.8 Å². The van der Waals surface area contributed by atoms with Crippen LogP contribution in [0.15, 0.2) is 47.4 Å². The molecule has 2 aromatic carbocycles. The lowest BCUT2D eigenvalue weighted by Gasteiger charge is -2.13. The molecule has 0 heterocycles. The number of carbonyl (C=O) groups is 1. The highest BCUT2D eigenvalue weighted by Gasteiger charge is 2.33. The maximum Gasteiger partial charge on any atom is 0.417 e. The maximum atomic E-state index is 12.9. The number of amides is 1. The number of nitrogens with one attached hydrogen (secondary N) is 2. The molecular weight excluding hydrogens is 416 g/mol. The van der Waals surface area contributed by atoms with Gasteiger partial charge in [0.2, 0.25) is 5.91 Å². The van der Waals surface area contributed by atoms with Gasteiger partial charge in [-0.15, -0.1) is 11.6 Å². The SMILES string of the molecule is O=C(CCl)Nc1ccc(S(=O)(=O)Nc2ccc(Cl)c(C(F)(F)F)c2)cc1. The molecule has 0 unspecified atom stereocenters. The molecule has 2 aromatic rings. The lowest BCUT2D eigenvalue weighted by atomic mass is 10.2. The Kier molecular flexibility index (Phi) is 6.05. The molecule has 0 bridgehead atoms. The Morgan fingerprint density at radius 2 is 1.62 bits per heavy atom. The van der Waals surface area contributed by atoms with Crippen LogP contribution in [-0.4, -0.2) is 20.2 Å². The van der Waals surface area contributed by atoms with Gasteiger partial charge in [-0.05, 0) is 42.5 Å². The van der Waals surface area contributed by atoms with Crippen LogP contribution in [0, 0.1) is 0 Å². The highest BCUT2D eigenvalue weighted by Crippen LogP contribution is 2.36. The van der Waals surface area contributed by atoms with Gasteiger partial charge in [0, 0.05) is 11.4 Å². The first-order valence-corrected chi connectivity index (χ1v) is 9.28. The zero-order chi connectivity index (χ0) is 19.5. The average molecular weight is 427 g/mol. The first kappa shape index (κ1) is 20.3. The van der Waals surface area contributed by atoms with Crippen molar-refractivity contribution in [1.82, 2.24) is 0 Å². The van der Waals surface area contributed by atoms with Crippen LogP contribution in [0.1, 0.15) is 5.56 Å². The molecule has 0 radical (unpaired) electrons. The van der Waals surface area contributed by atoms with Gasteiger partial charge < -0.3 is 5.32 Å². The number of hydrogen-bond donors (Lipinski definition) is 2. The summed E-state index contributed by atoms with van der Waals surface area (Å²) in [6.07, 6.45) is -4.72. The van der Waals surface area contributed by atoms with Crippen molar-refractivity contribution in [3.05, 3.63) is 53.1 Å². The topological polar surface area (TPSA) is 75.3 Å². The van der Waals surface area contributed by atoms with E-state index in [2.05, 4.69) is 10.0 Å². The van der Waals surface area contributed by atoms with Crippen molar-refractivity contribution in [2.45, 2.75) is 11.1 Å². The van der Waals surface area contributed by atoms with E-state index in [0.717, 1.165) is 12.1 Å². The number of hydrogen-bond acceptors (Lipinski definition) is 3. The number of anilines is 2. The molecule has 5 nitrogen and oxygen atoms in total. The van der Waals surface area contributed by atoms with E-state index in [1.807, 2.05) is 0 Å². The Hall–Kier alpha value is -1.97. The van der Waals surface area contributed by atoms with Gasteiger partial charge in [0.05, 0.1) is 15.5 Å². The summed E-state index contributed by atoms with van der Waals surface area (Å²) in [6.45, 7) is 0. The third kappa shape index (κ3) is 5.03. The minimum Gasteiger partial charge on any atom is -0.325 e. The summed E-state index contributed by atoms with van der Waals surface area (Å²) in [4.78, 5) is 11.0. The van der Waals surface area contributed by atoms with E-state index >= 15 is 0 Å². The van der Waals surface area contributed by atoms with Gasteiger partial charge in [-0.3, -0.25) is 9.52 Å². The Labute approximate surface area is 157 Å². The van der Waals surface area contributed by atoms with Crippen molar-refractivity contribution in [3.63, 3.8) is 0 Å². The number of carbonyl (C=O) groups excluding carboxylic acids is 1. The summed E-state index contributed by atoms with van der Waals surface area (Å²) in [5, 5.41) is 1.88. The molecule has 2 rings (SSSR count). The lowest BCUT2D eigenvalue weighted by Crippen LogP contribution is -2.15. The molecule has 0 fully saturated rings. The smallest absolute Gasteiger partial charge is 0.325 e. The molecule has 11 heteroatoms. The Morgan fingerprint density at radius 3 is 2.15 bits per heavy atom. The number of benzene rings is 2. The third-order valence-corrected chi connectivity index (χ3v) is 5.06. The largest absolute Gasteiger partial charge is 0.417 e. The Morgan fingerprint density at radius 1 is 1.04 bits per heavy atom. The van der Waals surface area contributed by atoms with Crippen molar-refractivity contribution in [2.24, 2.45) is 0 Å². The van der Waals surface area contributed by atoms with Crippen LogP contribution in [0.4, 0.5) is 24.5 Å². The van der Waals surface area contributed by atoms with E-state index in [-0.39, 0.29) is 16.5 Å². The third-order valence-electron chi connectivity index (χ3n) is 3.09. The van der Waals surface area contributed by atoms with Crippen LogP contribution in [0.25, 0.3) is 0 Å². The van der Waals surface area contributed by atoms with Crippen LogP contribution in [0.2, 0.25) is 5.02 Å². The molecule has 0 saturated heterocycles. The summed E-state index contributed by atoms with van der Waals surface area (Å²) in [7, 11) is -4.14. The van der Waals surface area contributed by atoms with Crippen molar-refractivity contribution < 1.29 is 26.4 Å². The molecule has 140 valence electrons. The average Bonchev–Trinajstić information content (AvgIpc) is 2.55. The highest BCUT2D eigenvalue weighted by molar-refractivity contribution is 7.92. The first-order chi connectivity index (χ1) is 12.0. The predicted molar refractivity (Wildman–Crippen MR) is 93.1 cm³/mol. The second-order valence-electron chi connectivity index (χ2n) is 5.00. The van der Waals surface area contributed by atoms with Crippen LogP contribution >= 0.6 is 23.2 Å². The second-order valence-corrected chi connectivity index (χ2v) is 7.36. The van der Waals surface area contributed by atoms with Crippen molar-refractivity contribution in [2.75, 3.05) is 15.9 Å². The lowest BCUT2D eigenvalue weighted by molar-refractivity contribution is -0.137. The summed E-state index contributed by atoms with van der Waals surface area (Å²) in [5.74, 6) is -0.735. The fraction of sp³-hybridized carbons (Fsp3) is 0.133. The van der Waals surface area contributed by atoms with Crippen LogP contribution in [0.5, 0.6) is 0 Å². The maximum absolute atomic E-state index is 12.9. The predicted octanol–water partition coefficient (Wildman–Crippen LogP) is 4.34. The molecule has 2 N–H and O–H groups in total. The van der Waals surface area contributed by atoms with Crippen LogP contribution in [-0.2, 0) is 21.0 Å². The van der Waals surface area contributed by atoms with Gasteiger partial charge in [0.1, 0.15) is 5.88 Å².